The maximum Gasteiger partial charge on any atom is 0.246 e. The third kappa shape index (κ3) is 2.26. The molecule has 1 aliphatic heterocycles. The number of rotatable bonds is 2. The van der Waals surface area contributed by atoms with E-state index in [0.717, 1.165) is 10.2 Å². The minimum Gasteiger partial charge on any atom is -0.394 e. The molecule has 1 unspecified atom stereocenters. The van der Waals surface area contributed by atoms with Gasteiger partial charge in [-0.2, -0.15) is 0 Å². The van der Waals surface area contributed by atoms with E-state index in [1.54, 1.807) is 4.90 Å². The fourth-order valence-electron chi connectivity index (χ4n) is 1.78. The Bertz CT molecular complexity index is 397. The molecule has 5 heteroatoms. The summed E-state index contributed by atoms with van der Waals surface area (Å²) in [6.07, 6.45) is 0. The van der Waals surface area contributed by atoms with Gasteiger partial charge >= 0.3 is 0 Å². The number of aliphatic hydroxyl groups excluding tert-OH is 1. The highest BCUT2D eigenvalue weighted by Gasteiger charge is 2.28. The van der Waals surface area contributed by atoms with Crippen molar-refractivity contribution in [3.63, 3.8) is 0 Å². The molecule has 1 aromatic rings. The Hall–Kier alpha value is -0.910. The van der Waals surface area contributed by atoms with E-state index in [9.17, 15) is 4.79 Å². The van der Waals surface area contributed by atoms with Crippen LogP contribution in [0.5, 0.6) is 0 Å². The number of hydrogen-bond acceptors (Lipinski definition) is 3. The molecule has 1 aliphatic rings. The Balaban J connectivity index is 2.23. The first-order chi connectivity index (χ1) is 7.72. The molecule has 86 valence electrons. The highest BCUT2D eigenvalue weighted by molar-refractivity contribution is 9.10. The standard InChI is InChI=1S/C11H13BrN2O2/c12-8-2-1-3-9(6-8)14-5-4-13-10(7-15)11(14)16/h1-3,6,10,13,15H,4-5,7H2. The minimum absolute atomic E-state index is 0.0770. The number of hydrogen-bond donors (Lipinski definition) is 2. The predicted octanol–water partition coefficient (Wildman–Crippen LogP) is 0.746. The monoisotopic (exact) mass is 284 g/mol. The van der Waals surface area contributed by atoms with Gasteiger partial charge in [-0.3, -0.25) is 4.79 Å². The molecule has 1 saturated heterocycles. The number of nitrogens with one attached hydrogen (secondary N) is 1. The molecule has 0 spiro atoms. The van der Waals surface area contributed by atoms with Crippen molar-refractivity contribution < 1.29 is 9.90 Å². The molecule has 0 radical (unpaired) electrons. The number of amides is 1. The zero-order valence-corrected chi connectivity index (χ0v) is 10.3. The van der Waals surface area contributed by atoms with Gasteiger partial charge in [0.1, 0.15) is 6.04 Å². The molecule has 1 amide bonds. The van der Waals surface area contributed by atoms with Gasteiger partial charge < -0.3 is 15.3 Å². The van der Waals surface area contributed by atoms with Gasteiger partial charge in [0.2, 0.25) is 5.91 Å². The van der Waals surface area contributed by atoms with Gasteiger partial charge in [-0.15, -0.1) is 0 Å². The van der Waals surface area contributed by atoms with Crippen molar-refractivity contribution >= 4 is 27.5 Å². The van der Waals surface area contributed by atoms with Crippen LogP contribution in [-0.2, 0) is 4.79 Å². The van der Waals surface area contributed by atoms with Gasteiger partial charge in [0.25, 0.3) is 0 Å². The second-order valence-corrected chi connectivity index (χ2v) is 4.57. The average Bonchev–Trinajstić information content (AvgIpc) is 2.29. The summed E-state index contributed by atoms with van der Waals surface area (Å²) in [5.41, 5.74) is 0.860. The number of halogens is 1. The SMILES string of the molecule is O=C1C(CO)NCCN1c1cccc(Br)c1. The molecule has 4 nitrogen and oxygen atoms in total. The Morgan fingerprint density at radius 3 is 3.06 bits per heavy atom. The Morgan fingerprint density at radius 1 is 1.56 bits per heavy atom. The number of aliphatic hydroxyl groups is 1. The Morgan fingerprint density at radius 2 is 2.38 bits per heavy atom. The van der Waals surface area contributed by atoms with E-state index in [0.29, 0.717) is 13.1 Å². The largest absolute Gasteiger partial charge is 0.394 e. The summed E-state index contributed by atoms with van der Waals surface area (Å²) in [6.45, 7) is 1.17. The van der Waals surface area contributed by atoms with Gasteiger partial charge in [0.05, 0.1) is 6.61 Å². The molecule has 1 heterocycles. The molecule has 0 aromatic heterocycles. The van der Waals surface area contributed by atoms with Crippen LogP contribution in [0.2, 0.25) is 0 Å². The zero-order valence-electron chi connectivity index (χ0n) is 8.69. The van der Waals surface area contributed by atoms with Crippen molar-refractivity contribution in [1.29, 1.82) is 0 Å². The minimum atomic E-state index is -0.479. The number of piperazine rings is 1. The summed E-state index contributed by atoms with van der Waals surface area (Å²) in [7, 11) is 0. The third-order valence-corrected chi connectivity index (χ3v) is 3.09. The number of benzene rings is 1. The molecule has 0 bridgehead atoms. The van der Waals surface area contributed by atoms with Gasteiger partial charge in [0.15, 0.2) is 0 Å². The highest BCUT2D eigenvalue weighted by atomic mass is 79.9. The zero-order chi connectivity index (χ0) is 11.5. The second kappa shape index (κ2) is 4.95. The van der Waals surface area contributed by atoms with E-state index in [2.05, 4.69) is 21.2 Å². The summed E-state index contributed by atoms with van der Waals surface area (Å²) < 4.78 is 0.942. The van der Waals surface area contributed by atoms with Crippen LogP contribution in [0.1, 0.15) is 0 Å². The lowest BCUT2D eigenvalue weighted by Crippen LogP contribution is -2.56. The summed E-state index contributed by atoms with van der Waals surface area (Å²) >= 11 is 3.38. The van der Waals surface area contributed by atoms with Crippen molar-refractivity contribution in [2.45, 2.75) is 6.04 Å². The summed E-state index contributed by atoms with van der Waals surface area (Å²) in [6, 6.07) is 7.12. The average molecular weight is 285 g/mol. The molecule has 16 heavy (non-hydrogen) atoms. The number of carbonyl (C=O) groups excluding carboxylic acids is 1. The van der Waals surface area contributed by atoms with Crippen molar-refractivity contribution in [3.8, 4) is 0 Å². The van der Waals surface area contributed by atoms with Crippen molar-refractivity contribution in [2.75, 3.05) is 24.6 Å². The summed E-state index contributed by atoms with van der Waals surface area (Å²) in [5, 5.41) is 12.0. The van der Waals surface area contributed by atoms with Crippen LogP contribution in [0.15, 0.2) is 28.7 Å². The number of carbonyl (C=O) groups is 1. The van der Waals surface area contributed by atoms with Gasteiger partial charge in [-0.25, -0.2) is 0 Å². The quantitative estimate of drug-likeness (QED) is 0.843. The topological polar surface area (TPSA) is 52.6 Å². The molecular formula is C11H13BrN2O2. The van der Waals surface area contributed by atoms with Crippen LogP contribution in [0.25, 0.3) is 0 Å². The van der Waals surface area contributed by atoms with Gasteiger partial charge in [-0.1, -0.05) is 22.0 Å². The van der Waals surface area contributed by atoms with Crippen LogP contribution < -0.4 is 10.2 Å². The lowest BCUT2D eigenvalue weighted by molar-refractivity contribution is -0.122. The van der Waals surface area contributed by atoms with E-state index in [4.69, 9.17) is 5.11 Å². The Kier molecular flexibility index (Phi) is 3.58. The molecule has 2 N–H and O–H groups in total. The van der Waals surface area contributed by atoms with Crippen LogP contribution >= 0.6 is 15.9 Å². The van der Waals surface area contributed by atoms with E-state index < -0.39 is 6.04 Å². The molecule has 0 saturated carbocycles. The first-order valence-corrected chi connectivity index (χ1v) is 5.93. The van der Waals surface area contributed by atoms with Gasteiger partial charge in [0, 0.05) is 23.2 Å². The molecule has 1 fully saturated rings. The molecule has 1 atom stereocenters. The maximum absolute atomic E-state index is 12.0. The lowest BCUT2D eigenvalue weighted by atomic mass is 10.2. The molecule has 1 aromatic carbocycles. The first kappa shape index (κ1) is 11.6. The highest BCUT2D eigenvalue weighted by Crippen LogP contribution is 2.21. The van der Waals surface area contributed by atoms with Crippen molar-refractivity contribution in [1.82, 2.24) is 5.32 Å². The van der Waals surface area contributed by atoms with Crippen LogP contribution in [0, 0.1) is 0 Å². The van der Waals surface area contributed by atoms with E-state index in [1.807, 2.05) is 24.3 Å². The number of nitrogens with zero attached hydrogens (tertiary/aromatic N) is 1. The lowest BCUT2D eigenvalue weighted by Gasteiger charge is -2.32. The third-order valence-electron chi connectivity index (χ3n) is 2.59. The normalized spacial score (nSPS) is 21.2. The van der Waals surface area contributed by atoms with Crippen molar-refractivity contribution in [2.24, 2.45) is 0 Å². The van der Waals surface area contributed by atoms with Crippen LogP contribution in [0.3, 0.4) is 0 Å². The first-order valence-electron chi connectivity index (χ1n) is 5.13. The molecule has 0 aliphatic carbocycles. The summed E-state index contributed by atoms with van der Waals surface area (Å²) in [5.74, 6) is -0.0770. The fraction of sp³-hybridized carbons (Fsp3) is 0.364. The van der Waals surface area contributed by atoms with Crippen LogP contribution in [-0.4, -0.2) is 36.8 Å². The van der Waals surface area contributed by atoms with Gasteiger partial charge in [-0.05, 0) is 18.2 Å². The van der Waals surface area contributed by atoms with Crippen molar-refractivity contribution in [3.05, 3.63) is 28.7 Å². The van der Waals surface area contributed by atoms with E-state index in [-0.39, 0.29) is 12.5 Å². The smallest absolute Gasteiger partial charge is 0.246 e. The van der Waals surface area contributed by atoms with E-state index >= 15 is 0 Å². The van der Waals surface area contributed by atoms with Crippen LogP contribution in [0.4, 0.5) is 5.69 Å². The summed E-state index contributed by atoms with van der Waals surface area (Å²) in [4.78, 5) is 13.7. The predicted molar refractivity (Wildman–Crippen MR) is 65.4 cm³/mol. The Labute approximate surface area is 102 Å². The number of anilines is 1. The fourth-order valence-corrected chi connectivity index (χ4v) is 2.17. The molecular weight excluding hydrogens is 272 g/mol. The maximum atomic E-state index is 12.0. The van der Waals surface area contributed by atoms with E-state index in [1.165, 1.54) is 0 Å². The second-order valence-electron chi connectivity index (χ2n) is 3.66. The molecule has 2 rings (SSSR count).